The highest BCUT2D eigenvalue weighted by Gasteiger charge is 2.06. The number of methoxy groups -OCH3 is 1. The average Bonchev–Trinajstić information content (AvgIpc) is 2.54. The van der Waals surface area contributed by atoms with Gasteiger partial charge in [-0.25, -0.2) is 0 Å². The molecule has 0 fully saturated rings. The molecule has 1 unspecified atom stereocenters. The zero-order chi connectivity index (χ0) is 14.9. The van der Waals surface area contributed by atoms with E-state index in [1.165, 1.54) is 0 Å². The predicted octanol–water partition coefficient (Wildman–Crippen LogP) is 3.37. The zero-order valence-corrected chi connectivity index (χ0v) is 12.9. The van der Waals surface area contributed by atoms with E-state index in [2.05, 4.69) is 0 Å². The molecule has 1 atom stereocenters. The summed E-state index contributed by atoms with van der Waals surface area (Å²) < 4.78 is 10.6. The average molecular weight is 304 g/mol. The molecule has 4 heteroatoms. The first-order valence-electron chi connectivity index (χ1n) is 6.84. The van der Waals surface area contributed by atoms with Gasteiger partial charge in [-0.2, -0.15) is 0 Å². The van der Waals surface area contributed by atoms with Crippen LogP contribution < -0.4 is 4.74 Å². The predicted molar refractivity (Wildman–Crippen MR) is 85.8 cm³/mol. The first kappa shape index (κ1) is 15.9. The number of benzene rings is 2. The third-order valence-corrected chi connectivity index (χ3v) is 4.08. The number of aliphatic hydroxyl groups excluding tert-OH is 1. The van der Waals surface area contributed by atoms with E-state index in [4.69, 9.17) is 9.47 Å². The number of hydrogen-bond donors (Lipinski definition) is 1. The van der Waals surface area contributed by atoms with Crippen molar-refractivity contribution in [2.24, 2.45) is 0 Å². The Morgan fingerprint density at radius 2 is 1.76 bits per heavy atom. The molecule has 0 bridgehead atoms. The monoisotopic (exact) mass is 304 g/mol. The lowest BCUT2D eigenvalue weighted by Gasteiger charge is -2.11. The second-order valence-corrected chi connectivity index (χ2v) is 5.73. The summed E-state index contributed by atoms with van der Waals surface area (Å²) >= 11 is 1.61. The van der Waals surface area contributed by atoms with Crippen LogP contribution in [-0.2, 0) is 11.3 Å². The minimum atomic E-state index is -0.471. The van der Waals surface area contributed by atoms with Gasteiger partial charge in [0.05, 0.1) is 26.4 Å². The lowest BCUT2D eigenvalue weighted by molar-refractivity contribution is 0.0398. The normalized spacial score (nSPS) is 12.1. The van der Waals surface area contributed by atoms with Crippen LogP contribution in [0.5, 0.6) is 5.75 Å². The first-order valence-corrected chi connectivity index (χ1v) is 7.83. The molecular formula is C17H20O3S. The SMILES string of the molecule is COc1ccc(SCC(O)COCc2ccccc2)cc1. The molecule has 2 rings (SSSR count). The Kier molecular flexibility index (Phi) is 6.60. The number of thioether (sulfide) groups is 1. The van der Waals surface area contributed by atoms with E-state index in [-0.39, 0.29) is 0 Å². The van der Waals surface area contributed by atoms with Crippen molar-refractivity contribution >= 4 is 11.8 Å². The Bertz CT molecular complexity index is 513. The molecule has 0 aliphatic heterocycles. The van der Waals surface area contributed by atoms with Crippen LogP contribution in [-0.4, -0.2) is 30.7 Å². The van der Waals surface area contributed by atoms with Crippen LogP contribution in [0, 0.1) is 0 Å². The molecule has 3 nitrogen and oxygen atoms in total. The molecule has 0 heterocycles. The van der Waals surface area contributed by atoms with E-state index in [9.17, 15) is 5.11 Å². The highest BCUT2D eigenvalue weighted by Crippen LogP contribution is 2.22. The molecule has 0 aliphatic rings. The van der Waals surface area contributed by atoms with E-state index >= 15 is 0 Å². The molecule has 2 aromatic carbocycles. The third-order valence-electron chi connectivity index (χ3n) is 2.92. The van der Waals surface area contributed by atoms with Gasteiger partial charge in [0.15, 0.2) is 0 Å². The molecule has 2 aromatic rings. The van der Waals surface area contributed by atoms with Gasteiger partial charge in [0, 0.05) is 10.6 Å². The largest absolute Gasteiger partial charge is 0.497 e. The summed E-state index contributed by atoms with van der Waals surface area (Å²) in [6.45, 7) is 0.878. The summed E-state index contributed by atoms with van der Waals surface area (Å²) in [6.07, 6.45) is -0.471. The number of hydrogen-bond acceptors (Lipinski definition) is 4. The minimum absolute atomic E-state index is 0.345. The van der Waals surface area contributed by atoms with Gasteiger partial charge >= 0.3 is 0 Å². The Morgan fingerprint density at radius 1 is 1.05 bits per heavy atom. The van der Waals surface area contributed by atoms with Gasteiger partial charge < -0.3 is 14.6 Å². The highest BCUT2D eigenvalue weighted by molar-refractivity contribution is 7.99. The van der Waals surface area contributed by atoms with Gasteiger partial charge in [0.1, 0.15) is 5.75 Å². The Labute approximate surface area is 129 Å². The molecular weight excluding hydrogens is 284 g/mol. The lowest BCUT2D eigenvalue weighted by atomic mass is 10.2. The number of rotatable bonds is 8. The molecule has 0 aliphatic carbocycles. The zero-order valence-electron chi connectivity index (χ0n) is 12.1. The number of aliphatic hydroxyl groups is 1. The second-order valence-electron chi connectivity index (χ2n) is 4.64. The molecule has 21 heavy (non-hydrogen) atoms. The second kappa shape index (κ2) is 8.72. The van der Waals surface area contributed by atoms with Crippen molar-refractivity contribution in [1.82, 2.24) is 0 Å². The van der Waals surface area contributed by atoms with E-state index in [0.29, 0.717) is 19.0 Å². The van der Waals surface area contributed by atoms with E-state index < -0.39 is 6.10 Å². The van der Waals surface area contributed by atoms with Crippen LogP contribution in [0.25, 0.3) is 0 Å². The van der Waals surface area contributed by atoms with E-state index in [1.54, 1.807) is 18.9 Å². The third kappa shape index (κ3) is 5.79. The smallest absolute Gasteiger partial charge is 0.118 e. The van der Waals surface area contributed by atoms with Crippen molar-refractivity contribution in [1.29, 1.82) is 0 Å². The van der Waals surface area contributed by atoms with Crippen LogP contribution in [0.2, 0.25) is 0 Å². The number of ether oxygens (including phenoxy) is 2. The molecule has 0 amide bonds. The molecule has 0 spiro atoms. The minimum Gasteiger partial charge on any atom is -0.497 e. The molecule has 0 aromatic heterocycles. The Balaban J connectivity index is 1.66. The van der Waals surface area contributed by atoms with Gasteiger partial charge in [-0.1, -0.05) is 30.3 Å². The molecule has 0 radical (unpaired) electrons. The summed E-state index contributed by atoms with van der Waals surface area (Å²) in [4.78, 5) is 1.11. The molecule has 1 N–H and O–H groups in total. The maximum Gasteiger partial charge on any atom is 0.118 e. The quantitative estimate of drug-likeness (QED) is 0.759. The van der Waals surface area contributed by atoms with Crippen LogP contribution in [0.1, 0.15) is 5.56 Å². The van der Waals surface area contributed by atoms with Crippen molar-refractivity contribution in [3.05, 3.63) is 60.2 Å². The van der Waals surface area contributed by atoms with Crippen molar-refractivity contribution in [3.8, 4) is 5.75 Å². The summed E-state index contributed by atoms with van der Waals surface area (Å²) in [5.74, 6) is 1.45. The van der Waals surface area contributed by atoms with Crippen LogP contribution in [0.4, 0.5) is 0 Å². The van der Waals surface area contributed by atoms with E-state index in [1.807, 2.05) is 54.6 Å². The molecule has 0 saturated heterocycles. The van der Waals surface area contributed by atoms with Crippen LogP contribution in [0.3, 0.4) is 0 Å². The van der Waals surface area contributed by atoms with Gasteiger partial charge in [-0.05, 0) is 29.8 Å². The van der Waals surface area contributed by atoms with Gasteiger partial charge in [-0.15, -0.1) is 11.8 Å². The van der Waals surface area contributed by atoms with Crippen LogP contribution in [0.15, 0.2) is 59.5 Å². The summed E-state index contributed by atoms with van der Waals surface area (Å²) in [5.41, 5.74) is 1.12. The van der Waals surface area contributed by atoms with Crippen LogP contribution >= 0.6 is 11.8 Å². The lowest BCUT2D eigenvalue weighted by Crippen LogP contribution is -2.17. The summed E-state index contributed by atoms with van der Waals surface area (Å²) in [6, 6.07) is 17.8. The van der Waals surface area contributed by atoms with E-state index in [0.717, 1.165) is 16.2 Å². The first-order chi connectivity index (χ1) is 10.3. The van der Waals surface area contributed by atoms with Crippen molar-refractivity contribution in [2.75, 3.05) is 19.5 Å². The Morgan fingerprint density at radius 3 is 2.43 bits per heavy atom. The standard InChI is InChI=1S/C17H20O3S/c1-19-16-7-9-17(10-8-16)21-13-15(18)12-20-11-14-5-3-2-4-6-14/h2-10,15,18H,11-13H2,1H3. The van der Waals surface area contributed by atoms with Crippen molar-refractivity contribution in [2.45, 2.75) is 17.6 Å². The van der Waals surface area contributed by atoms with Crippen molar-refractivity contribution < 1.29 is 14.6 Å². The van der Waals surface area contributed by atoms with Gasteiger partial charge in [0.25, 0.3) is 0 Å². The fourth-order valence-electron chi connectivity index (χ4n) is 1.80. The fourth-order valence-corrected chi connectivity index (χ4v) is 2.61. The van der Waals surface area contributed by atoms with Gasteiger partial charge in [0.2, 0.25) is 0 Å². The fraction of sp³-hybridized carbons (Fsp3) is 0.294. The van der Waals surface area contributed by atoms with Gasteiger partial charge in [-0.3, -0.25) is 0 Å². The topological polar surface area (TPSA) is 38.7 Å². The highest BCUT2D eigenvalue weighted by atomic mass is 32.2. The maximum absolute atomic E-state index is 9.92. The molecule has 0 saturated carbocycles. The summed E-state index contributed by atoms with van der Waals surface area (Å²) in [7, 11) is 1.65. The maximum atomic E-state index is 9.92. The molecule has 112 valence electrons. The summed E-state index contributed by atoms with van der Waals surface area (Å²) in [5, 5.41) is 9.92. The Hall–Kier alpha value is -1.49. The van der Waals surface area contributed by atoms with Crippen molar-refractivity contribution in [3.63, 3.8) is 0 Å².